The van der Waals surface area contributed by atoms with Gasteiger partial charge < -0.3 is 0 Å². The number of hydrogen-bond donors (Lipinski definition) is 0. The molecule has 104 valence electrons. The molecule has 0 unspecified atom stereocenters. The van der Waals surface area contributed by atoms with Crippen LogP contribution in [0.15, 0.2) is 4.99 Å². The number of hydrogen-bond acceptors (Lipinski definition) is 2. The minimum absolute atomic E-state index is 0.0581. The molecule has 1 aliphatic rings. The summed E-state index contributed by atoms with van der Waals surface area (Å²) in [6, 6.07) is -0.499. The molecule has 2 nitrogen and oxygen atoms in total. The van der Waals surface area contributed by atoms with Crippen LogP contribution in [0, 0.1) is 11.8 Å². The van der Waals surface area contributed by atoms with Crippen LogP contribution in [0.1, 0.15) is 25.7 Å². The van der Waals surface area contributed by atoms with E-state index in [4.69, 9.17) is 0 Å². The highest BCUT2D eigenvalue weighted by molar-refractivity contribution is 5.33. The Morgan fingerprint density at radius 3 is 1.72 bits per heavy atom. The number of nitrogens with zero attached hydrogens (tertiary/aromatic N) is 1. The van der Waals surface area contributed by atoms with Crippen LogP contribution < -0.4 is 0 Å². The summed E-state index contributed by atoms with van der Waals surface area (Å²) < 4.78 is 74.6. The highest BCUT2D eigenvalue weighted by atomic mass is 19.4. The maximum atomic E-state index is 12.4. The Bertz CT molecular complexity index is 308. The second-order valence-corrected chi connectivity index (χ2v) is 4.35. The summed E-state index contributed by atoms with van der Waals surface area (Å²) in [4.78, 5) is 13.3. The minimum atomic E-state index is -5.29. The molecule has 18 heavy (non-hydrogen) atoms. The van der Waals surface area contributed by atoms with Crippen molar-refractivity contribution in [2.75, 3.05) is 0 Å². The zero-order valence-electron chi connectivity index (χ0n) is 9.18. The lowest BCUT2D eigenvalue weighted by Crippen LogP contribution is -2.43. The Kier molecular flexibility index (Phi) is 4.42. The molecule has 0 N–H and O–H groups in total. The van der Waals surface area contributed by atoms with E-state index in [0.717, 1.165) is 0 Å². The van der Waals surface area contributed by atoms with Gasteiger partial charge in [0.1, 0.15) is 0 Å². The lowest BCUT2D eigenvalue weighted by atomic mass is 9.77. The van der Waals surface area contributed by atoms with E-state index >= 15 is 0 Å². The summed E-state index contributed by atoms with van der Waals surface area (Å²) in [7, 11) is 0. The van der Waals surface area contributed by atoms with Crippen LogP contribution >= 0.6 is 0 Å². The molecule has 8 heteroatoms. The minimum Gasteiger partial charge on any atom is -0.211 e. The van der Waals surface area contributed by atoms with E-state index in [0.29, 0.717) is 0 Å². The van der Waals surface area contributed by atoms with Crippen molar-refractivity contribution in [3.05, 3.63) is 0 Å². The molecule has 1 fully saturated rings. The van der Waals surface area contributed by atoms with E-state index in [1.807, 2.05) is 0 Å². The molecule has 0 amide bonds. The van der Waals surface area contributed by atoms with Crippen LogP contribution in [-0.2, 0) is 4.79 Å². The molecular formula is C10H11F6NO. The van der Waals surface area contributed by atoms with Crippen LogP contribution in [0.3, 0.4) is 0 Å². The lowest BCUT2D eigenvalue weighted by molar-refractivity contribution is -0.301. The van der Waals surface area contributed by atoms with Gasteiger partial charge in [0.25, 0.3) is 0 Å². The number of isocyanates is 1. The molecule has 0 aromatic rings. The first-order chi connectivity index (χ1) is 8.16. The van der Waals surface area contributed by atoms with Gasteiger partial charge in [0.05, 0.1) is 6.04 Å². The first kappa shape index (κ1) is 15.0. The largest absolute Gasteiger partial charge is 0.400 e. The normalized spacial score (nSPS) is 25.9. The highest BCUT2D eigenvalue weighted by Gasteiger charge is 2.59. The molecule has 0 spiro atoms. The summed E-state index contributed by atoms with van der Waals surface area (Å²) in [5.74, 6) is -4.77. The average molecular weight is 275 g/mol. The predicted molar refractivity (Wildman–Crippen MR) is 49.5 cm³/mol. The summed E-state index contributed by atoms with van der Waals surface area (Å²) in [6.45, 7) is 0. The van der Waals surface area contributed by atoms with Crippen LogP contribution in [-0.4, -0.2) is 24.5 Å². The van der Waals surface area contributed by atoms with E-state index in [-0.39, 0.29) is 25.7 Å². The van der Waals surface area contributed by atoms with Crippen molar-refractivity contribution in [3.63, 3.8) is 0 Å². The topological polar surface area (TPSA) is 29.4 Å². The second-order valence-electron chi connectivity index (χ2n) is 4.35. The molecule has 0 aliphatic heterocycles. The number of aliphatic imine (C=N–C) groups is 1. The Hall–Kier alpha value is -1.04. The number of rotatable bonds is 2. The van der Waals surface area contributed by atoms with Crippen LogP contribution in [0.4, 0.5) is 26.3 Å². The van der Waals surface area contributed by atoms with E-state index in [2.05, 4.69) is 4.99 Å². The number of alkyl halides is 6. The summed E-state index contributed by atoms with van der Waals surface area (Å²) in [6.07, 6.45) is -9.66. The molecule has 0 saturated heterocycles. The van der Waals surface area contributed by atoms with Gasteiger partial charge in [0, 0.05) is 0 Å². The van der Waals surface area contributed by atoms with E-state index < -0.39 is 30.2 Å². The van der Waals surface area contributed by atoms with Gasteiger partial charge in [0.2, 0.25) is 6.08 Å². The number of halogens is 6. The van der Waals surface area contributed by atoms with E-state index in [1.165, 1.54) is 6.08 Å². The standard InChI is InChI=1S/C10H11F6NO/c11-9(12,13)8(10(14,15)16)6-1-3-7(4-2-6)17-5-18/h6-8H,1-4H2. The van der Waals surface area contributed by atoms with Crippen molar-refractivity contribution in [1.82, 2.24) is 0 Å². The molecule has 0 aromatic heterocycles. The van der Waals surface area contributed by atoms with Gasteiger partial charge in [-0.3, -0.25) is 0 Å². The average Bonchev–Trinajstić information content (AvgIpc) is 2.17. The monoisotopic (exact) mass is 275 g/mol. The van der Waals surface area contributed by atoms with Gasteiger partial charge >= 0.3 is 12.4 Å². The maximum absolute atomic E-state index is 12.4. The molecule has 0 aromatic carbocycles. The fourth-order valence-electron chi connectivity index (χ4n) is 2.36. The molecule has 0 radical (unpaired) electrons. The molecule has 0 heterocycles. The van der Waals surface area contributed by atoms with Gasteiger partial charge in [-0.25, -0.2) is 9.79 Å². The molecule has 1 rings (SSSR count). The maximum Gasteiger partial charge on any atom is 0.400 e. The third-order valence-electron chi connectivity index (χ3n) is 3.15. The van der Waals surface area contributed by atoms with Crippen LogP contribution in [0.25, 0.3) is 0 Å². The molecule has 0 bridgehead atoms. The van der Waals surface area contributed by atoms with Crippen LogP contribution in [0.2, 0.25) is 0 Å². The Morgan fingerprint density at radius 2 is 1.39 bits per heavy atom. The van der Waals surface area contributed by atoms with Gasteiger partial charge in [-0.15, -0.1) is 0 Å². The zero-order valence-corrected chi connectivity index (χ0v) is 9.18. The zero-order chi connectivity index (χ0) is 14.0. The lowest BCUT2D eigenvalue weighted by Gasteiger charge is -2.34. The van der Waals surface area contributed by atoms with Crippen molar-refractivity contribution in [2.24, 2.45) is 16.8 Å². The molecule has 1 saturated carbocycles. The first-order valence-corrected chi connectivity index (χ1v) is 5.36. The van der Waals surface area contributed by atoms with E-state index in [9.17, 15) is 31.1 Å². The Balaban J connectivity index is 2.76. The highest BCUT2D eigenvalue weighted by Crippen LogP contribution is 2.48. The summed E-state index contributed by atoms with van der Waals surface area (Å²) in [5.41, 5.74) is 0. The van der Waals surface area contributed by atoms with Crippen molar-refractivity contribution >= 4 is 6.08 Å². The van der Waals surface area contributed by atoms with Crippen molar-refractivity contribution < 1.29 is 31.1 Å². The predicted octanol–water partition coefficient (Wildman–Crippen LogP) is 3.62. The molecule has 0 atom stereocenters. The quantitative estimate of drug-likeness (QED) is 0.430. The fraction of sp³-hybridized carbons (Fsp3) is 0.900. The molecular weight excluding hydrogens is 264 g/mol. The van der Waals surface area contributed by atoms with Crippen molar-refractivity contribution in [1.29, 1.82) is 0 Å². The van der Waals surface area contributed by atoms with Crippen molar-refractivity contribution in [3.8, 4) is 0 Å². The van der Waals surface area contributed by atoms with Gasteiger partial charge in [0.15, 0.2) is 5.92 Å². The first-order valence-electron chi connectivity index (χ1n) is 5.36. The summed E-state index contributed by atoms with van der Waals surface area (Å²) in [5, 5.41) is 0. The number of carbonyl (C=O) groups excluding carboxylic acids is 1. The van der Waals surface area contributed by atoms with Gasteiger partial charge in [-0.05, 0) is 31.6 Å². The summed E-state index contributed by atoms with van der Waals surface area (Å²) >= 11 is 0. The van der Waals surface area contributed by atoms with Gasteiger partial charge in [-0.2, -0.15) is 26.3 Å². The SMILES string of the molecule is O=C=NC1CCC(C(C(F)(F)F)C(F)(F)F)CC1. The Morgan fingerprint density at radius 1 is 0.944 bits per heavy atom. The second kappa shape index (κ2) is 5.30. The smallest absolute Gasteiger partial charge is 0.211 e. The third kappa shape index (κ3) is 3.73. The third-order valence-corrected chi connectivity index (χ3v) is 3.15. The van der Waals surface area contributed by atoms with Crippen molar-refractivity contribution in [2.45, 2.75) is 44.1 Å². The van der Waals surface area contributed by atoms with Gasteiger partial charge in [-0.1, -0.05) is 0 Å². The van der Waals surface area contributed by atoms with Crippen LogP contribution in [0.5, 0.6) is 0 Å². The van der Waals surface area contributed by atoms with E-state index in [1.54, 1.807) is 0 Å². The molecule has 1 aliphatic carbocycles. The Labute approximate surface area is 99.1 Å². The fourth-order valence-corrected chi connectivity index (χ4v) is 2.36.